The highest BCUT2D eigenvalue weighted by Crippen LogP contribution is 2.29. The molecule has 0 aliphatic carbocycles. The Morgan fingerprint density at radius 3 is 2.80 bits per heavy atom. The first kappa shape index (κ1) is 9.94. The van der Waals surface area contributed by atoms with Gasteiger partial charge in [0.2, 0.25) is 0 Å². The molecule has 0 bridgehead atoms. The van der Waals surface area contributed by atoms with Gasteiger partial charge < -0.3 is 4.42 Å². The summed E-state index contributed by atoms with van der Waals surface area (Å²) in [5.74, 6) is 0.0918. The molecule has 2 nitrogen and oxygen atoms in total. The minimum Gasteiger partial charge on any atom is -0.464 e. The van der Waals surface area contributed by atoms with Crippen LogP contribution in [0.25, 0.3) is 11.3 Å². The molecule has 0 radical (unpaired) electrons. The van der Waals surface area contributed by atoms with Crippen LogP contribution in [0.1, 0.15) is 5.56 Å². The molecule has 1 aromatic heterocycles. The highest BCUT2D eigenvalue weighted by atomic mass is 79.9. The second-order valence-electron chi connectivity index (χ2n) is 2.90. The molecule has 0 atom stereocenters. The highest BCUT2D eigenvalue weighted by molar-refractivity contribution is 9.10. The monoisotopic (exact) mass is 265 g/mol. The van der Waals surface area contributed by atoms with Gasteiger partial charge in [0.05, 0.1) is 22.4 Å². The summed E-state index contributed by atoms with van der Waals surface area (Å²) in [6, 6.07) is 8.09. The average Bonchev–Trinajstić information content (AvgIpc) is 2.74. The van der Waals surface area contributed by atoms with Gasteiger partial charge in [-0.15, -0.1) is 0 Å². The second kappa shape index (κ2) is 3.87. The topological polar surface area (TPSA) is 36.9 Å². The van der Waals surface area contributed by atoms with Gasteiger partial charge in [0.25, 0.3) is 0 Å². The van der Waals surface area contributed by atoms with Crippen LogP contribution in [0.4, 0.5) is 4.39 Å². The van der Waals surface area contributed by atoms with Crippen molar-refractivity contribution in [2.75, 3.05) is 0 Å². The molecule has 4 heteroatoms. The van der Waals surface area contributed by atoms with Crippen LogP contribution in [0.5, 0.6) is 0 Å². The lowest BCUT2D eigenvalue weighted by molar-refractivity contribution is 0.581. The molecule has 0 saturated heterocycles. The predicted molar refractivity (Wildman–Crippen MR) is 56.5 cm³/mol. The van der Waals surface area contributed by atoms with Gasteiger partial charge in [-0.1, -0.05) is 0 Å². The zero-order chi connectivity index (χ0) is 10.8. The van der Waals surface area contributed by atoms with Crippen molar-refractivity contribution in [3.63, 3.8) is 0 Å². The molecule has 0 spiro atoms. The molecule has 2 rings (SSSR count). The van der Waals surface area contributed by atoms with Crippen molar-refractivity contribution >= 4 is 15.9 Å². The molecule has 0 unspecified atom stereocenters. The van der Waals surface area contributed by atoms with E-state index in [1.807, 2.05) is 6.07 Å². The smallest absolute Gasteiger partial charge is 0.138 e. The third kappa shape index (κ3) is 1.79. The number of hydrogen-bond acceptors (Lipinski definition) is 2. The van der Waals surface area contributed by atoms with Crippen LogP contribution < -0.4 is 0 Å². The molecular formula is C11H5BrFNO. The molecule has 1 aromatic carbocycles. The number of benzene rings is 1. The van der Waals surface area contributed by atoms with Crippen molar-refractivity contribution in [2.45, 2.75) is 0 Å². The molecule has 0 fully saturated rings. The predicted octanol–water partition coefficient (Wildman–Crippen LogP) is 3.72. The van der Waals surface area contributed by atoms with E-state index >= 15 is 0 Å². The van der Waals surface area contributed by atoms with E-state index in [4.69, 9.17) is 9.68 Å². The Morgan fingerprint density at radius 1 is 1.40 bits per heavy atom. The van der Waals surface area contributed by atoms with E-state index in [0.29, 0.717) is 15.8 Å². The summed E-state index contributed by atoms with van der Waals surface area (Å²) in [6.07, 6.45) is 1.51. The molecule has 15 heavy (non-hydrogen) atoms. The maximum absolute atomic E-state index is 13.2. The van der Waals surface area contributed by atoms with Gasteiger partial charge in [-0.2, -0.15) is 5.26 Å². The maximum Gasteiger partial charge on any atom is 0.138 e. The Balaban J connectivity index is 2.67. The minimum atomic E-state index is -0.457. The Morgan fingerprint density at radius 2 is 2.20 bits per heavy atom. The van der Waals surface area contributed by atoms with Gasteiger partial charge in [-0.25, -0.2) is 4.39 Å². The Hall–Kier alpha value is -1.60. The van der Waals surface area contributed by atoms with E-state index < -0.39 is 5.82 Å². The van der Waals surface area contributed by atoms with Crippen molar-refractivity contribution in [3.05, 3.63) is 46.4 Å². The van der Waals surface area contributed by atoms with Crippen LogP contribution in [0.3, 0.4) is 0 Å². The van der Waals surface area contributed by atoms with Crippen LogP contribution in [0.2, 0.25) is 0 Å². The third-order valence-corrected chi connectivity index (χ3v) is 2.58. The number of halogens is 2. The molecule has 2 aromatic rings. The number of nitrogens with zero attached hydrogens (tertiary/aromatic N) is 1. The van der Waals surface area contributed by atoms with Crippen molar-refractivity contribution in [2.24, 2.45) is 0 Å². The number of rotatable bonds is 1. The Bertz CT molecular complexity index is 528. The first-order valence-corrected chi connectivity index (χ1v) is 4.94. The molecule has 74 valence electrons. The minimum absolute atomic E-state index is 0.255. The normalized spacial score (nSPS) is 9.93. The van der Waals surface area contributed by atoms with E-state index in [-0.39, 0.29) is 5.56 Å². The SMILES string of the molecule is N#Cc1cc(F)c(Br)cc1-c1ccco1. The zero-order valence-corrected chi connectivity index (χ0v) is 9.08. The van der Waals surface area contributed by atoms with Crippen LogP contribution >= 0.6 is 15.9 Å². The van der Waals surface area contributed by atoms with Crippen molar-refractivity contribution in [3.8, 4) is 17.4 Å². The zero-order valence-electron chi connectivity index (χ0n) is 7.50. The van der Waals surface area contributed by atoms with Gasteiger partial charge in [0.15, 0.2) is 0 Å². The van der Waals surface area contributed by atoms with E-state index in [1.165, 1.54) is 18.4 Å². The number of hydrogen-bond donors (Lipinski definition) is 0. The molecular weight excluding hydrogens is 261 g/mol. The molecule has 0 saturated carbocycles. The van der Waals surface area contributed by atoms with Gasteiger partial charge in [0.1, 0.15) is 11.6 Å². The van der Waals surface area contributed by atoms with Crippen molar-refractivity contribution in [1.29, 1.82) is 5.26 Å². The van der Waals surface area contributed by atoms with Gasteiger partial charge in [-0.3, -0.25) is 0 Å². The lowest BCUT2D eigenvalue weighted by Crippen LogP contribution is -1.86. The standard InChI is InChI=1S/C11H5BrFNO/c12-9-5-8(11-2-1-3-15-11)7(6-14)4-10(9)13/h1-5H. The van der Waals surface area contributed by atoms with Crippen LogP contribution in [0, 0.1) is 17.1 Å². The summed E-state index contributed by atoms with van der Waals surface area (Å²) >= 11 is 3.07. The van der Waals surface area contributed by atoms with E-state index in [2.05, 4.69) is 15.9 Å². The maximum atomic E-state index is 13.2. The molecule has 0 aliphatic heterocycles. The first-order chi connectivity index (χ1) is 7.22. The van der Waals surface area contributed by atoms with E-state index in [1.54, 1.807) is 12.1 Å². The summed E-state index contributed by atoms with van der Waals surface area (Å²) < 4.78 is 18.6. The summed E-state index contributed by atoms with van der Waals surface area (Å²) in [6.45, 7) is 0. The third-order valence-electron chi connectivity index (χ3n) is 1.97. The molecule has 0 amide bonds. The summed E-state index contributed by atoms with van der Waals surface area (Å²) in [7, 11) is 0. The second-order valence-corrected chi connectivity index (χ2v) is 3.76. The lowest BCUT2D eigenvalue weighted by Gasteiger charge is -2.02. The molecule has 0 N–H and O–H groups in total. The number of furan rings is 1. The average molecular weight is 266 g/mol. The Labute approximate surface area is 94.1 Å². The summed E-state index contributed by atoms with van der Waals surface area (Å²) in [5.41, 5.74) is 0.835. The largest absolute Gasteiger partial charge is 0.464 e. The van der Waals surface area contributed by atoms with Crippen LogP contribution in [-0.4, -0.2) is 0 Å². The molecule has 0 aliphatic rings. The fraction of sp³-hybridized carbons (Fsp3) is 0. The molecule has 1 heterocycles. The highest BCUT2D eigenvalue weighted by Gasteiger charge is 2.11. The fourth-order valence-electron chi connectivity index (χ4n) is 1.28. The number of nitriles is 1. The van der Waals surface area contributed by atoms with Gasteiger partial charge in [-0.05, 0) is 40.2 Å². The summed E-state index contributed by atoms with van der Waals surface area (Å²) in [5, 5.41) is 8.86. The quantitative estimate of drug-likeness (QED) is 0.788. The first-order valence-electron chi connectivity index (χ1n) is 4.15. The van der Waals surface area contributed by atoms with Crippen molar-refractivity contribution < 1.29 is 8.81 Å². The van der Waals surface area contributed by atoms with Crippen LogP contribution in [0.15, 0.2) is 39.4 Å². The van der Waals surface area contributed by atoms with Crippen molar-refractivity contribution in [1.82, 2.24) is 0 Å². The van der Waals surface area contributed by atoms with E-state index in [9.17, 15) is 4.39 Å². The lowest BCUT2D eigenvalue weighted by atomic mass is 10.1. The Kier molecular flexibility index (Phi) is 2.57. The van der Waals surface area contributed by atoms with E-state index in [0.717, 1.165) is 0 Å². The van der Waals surface area contributed by atoms with Gasteiger partial charge in [0, 0.05) is 5.56 Å². The fourth-order valence-corrected chi connectivity index (χ4v) is 1.62. The van der Waals surface area contributed by atoms with Gasteiger partial charge >= 0.3 is 0 Å². The van der Waals surface area contributed by atoms with Crippen LogP contribution in [-0.2, 0) is 0 Å². The summed E-state index contributed by atoms with van der Waals surface area (Å²) in [4.78, 5) is 0.